The maximum Gasteiger partial charge on any atom is 0.229 e. The zero-order valence-corrected chi connectivity index (χ0v) is 12.6. The van der Waals surface area contributed by atoms with Crippen molar-refractivity contribution in [2.75, 3.05) is 24.8 Å². The highest BCUT2D eigenvalue weighted by Crippen LogP contribution is 2.42. The number of nitrogens with one attached hydrogen (secondary N) is 2. The second-order valence-corrected chi connectivity index (χ2v) is 5.17. The number of hydrogen-bond donors (Lipinski definition) is 2. The van der Waals surface area contributed by atoms with E-state index in [0.717, 1.165) is 16.8 Å². The predicted molar refractivity (Wildman–Crippen MR) is 84.5 cm³/mol. The van der Waals surface area contributed by atoms with Gasteiger partial charge in [-0.2, -0.15) is 10.2 Å². The van der Waals surface area contributed by atoms with Gasteiger partial charge in [-0.25, -0.2) is 4.98 Å². The first-order chi connectivity index (χ1) is 10.7. The third kappa shape index (κ3) is 2.79. The number of benzene rings is 1. The number of nitriles is 1. The average molecular weight is 295 g/mol. The minimum atomic E-state index is 0.452. The van der Waals surface area contributed by atoms with Gasteiger partial charge < -0.3 is 15.4 Å². The van der Waals surface area contributed by atoms with Crippen LogP contribution in [0, 0.1) is 11.3 Å². The standard InChI is InChI=1S/C16H17N5O/c1-18-15-14(22-2)9-19-16(21-15)20-12-5-6-13(10-3-4-10)11(7-12)8-17/h5-7,9-10H,3-4H2,1-2H3,(H2,18,19,20,21). The van der Waals surface area contributed by atoms with Crippen molar-refractivity contribution < 1.29 is 4.74 Å². The third-order valence-electron chi connectivity index (χ3n) is 3.66. The van der Waals surface area contributed by atoms with Crippen LogP contribution < -0.4 is 15.4 Å². The molecule has 1 heterocycles. The molecule has 0 radical (unpaired) electrons. The molecule has 2 N–H and O–H groups in total. The van der Waals surface area contributed by atoms with Crippen molar-refractivity contribution in [1.29, 1.82) is 5.26 Å². The molecule has 6 heteroatoms. The van der Waals surface area contributed by atoms with Crippen LogP contribution in [0.1, 0.15) is 29.9 Å². The van der Waals surface area contributed by atoms with Crippen LogP contribution in [-0.2, 0) is 0 Å². The maximum atomic E-state index is 9.30. The normalized spacial score (nSPS) is 13.3. The van der Waals surface area contributed by atoms with E-state index in [-0.39, 0.29) is 0 Å². The lowest BCUT2D eigenvalue weighted by atomic mass is 10.0. The second-order valence-electron chi connectivity index (χ2n) is 5.17. The van der Waals surface area contributed by atoms with E-state index in [0.29, 0.717) is 23.4 Å². The fraction of sp³-hybridized carbons (Fsp3) is 0.312. The zero-order valence-electron chi connectivity index (χ0n) is 12.6. The van der Waals surface area contributed by atoms with E-state index in [1.807, 2.05) is 18.2 Å². The molecular weight excluding hydrogens is 278 g/mol. The molecular formula is C16H17N5O. The lowest BCUT2D eigenvalue weighted by molar-refractivity contribution is 0.413. The Labute approximate surface area is 129 Å². The van der Waals surface area contributed by atoms with E-state index < -0.39 is 0 Å². The summed E-state index contributed by atoms with van der Waals surface area (Å²) in [5.74, 6) is 2.19. The summed E-state index contributed by atoms with van der Waals surface area (Å²) in [7, 11) is 3.34. The third-order valence-corrected chi connectivity index (χ3v) is 3.66. The Balaban J connectivity index is 1.85. The molecule has 1 aromatic carbocycles. The van der Waals surface area contributed by atoms with Gasteiger partial charge in [-0.1, -0.05) is 6.07 Å². The largest absolute Gasteiger partial charge is 0.491 e. The first-order valence-corrected chi connectivity index (χ1v) is 7.15. The summed E-state index contributed by atoms with van der Waals surface area (Å²) in [6, 6.07) is 8.09. The summed E-state index contributed by atoms with van der Waals surface area (Å²) in [6.45, 7) is 0. The van der Waals surface area contributed by atoms with Crippen molar-refractivity contribution in [1.82, 2.24) is 9.97 Å². The van der Waals surface area contributed by atoms with E-state index in [4.69, 9.17) is 4.74 Å². The minimum Gasteiger partial charge on any atom is -0.491 e. The molecule has 1 aromatic heterocycles. The summed E-state index contributed by atoms with van der Waals surface area (Å²) in [5, 5.41) is 15.4. The number of methoxy groups -OCH3 is 1. The van der Waals surface area contributed by atoms with Crippen molar-refractivity contribution in [2.24, 2.45) is 0 Å². The average Bonchev–Trinajstić information content (AvgIpc) is 3.39. The van der Waals surface area contributed by atoms with E-state index in [9.17, 15) is 5.26 Å². The predicted octanol–water partition coefficient (Wildman–Crippen LogP) is 3.02. The SMILES string of the molecule is CNc1nc(Nc2ccc(C3CC3)c(C#N)c2)ncc1OC. The maximum absolute atomic E-state index is 9.30. The summed E-state index contributed by atoms with van der Waals surface area (Å²) >= 11 is 0. The highest BCUT2D eigenvalue weighted by Gasteiger charge is 2.26. The van der Waals surface area contributed by atoms with Crippen LogP contribution in [0.25, 0.3) is 0 Å². The highest BCUT2D eigenvalue weighted by molar-refractivity contribution is 5.61. The zero-order chi connectivity index (χ0) is 15.5. The lowest BCUT2D eigenvalue weighted by Gasteiger charge is -2.11. The van der Waals surface area contributed by atoms with E-state index in [1.54, 1.807) is 20.4 Å². The quantitative estimate of drug-likeness (QED) is 0.882. The van der Waals surface area contributed by atoms with Gasteiger partial charge >= 0.3 is 0 Å². The Morgan fingerprint density at radius 2 is 2.18 bits per heavy atom. The Kier molecular flexibility index (Phi) is 3.79. The molecule has 1 aliphatic carbocycles. The van der Waals surface area contributed by atoms with E-state index in [2.05, 4.69) is 26.7 Å². The van der Waals surface area contributed by atoms with Crippen molar-refractivity contribution in [3.8, 4) is 11.8 Å². The van der Waals surface area contributed by atoms with Crippen LogP contribution in [0.4, 0.5) is 17.5 Å². The fourth-order valence-electron chi connectivity index (χ4n) is 2.37. The van der Waals surface area contributed by atoms with Gasteiger partial charge in [0.1, 0.15) is 0 Å². The van der Waals surface area contributed by atoms with Crippen molar-refractivity contribution in [3.63, 3.8) is 0 Å². The Hall–Kier alpha value is -2.81. The molecule has 0 aliphatic heterocycles. The lowest BCUT2D eigenvalue weighted by Crippen LogP contribution is -2.03. The number of nitrogens with zero attached hydrogens (tertiary/aromatic N) is 3. The van der Waals surface area contributed by atoms with Crippen molar-refractivity contribution in [3.05, 3.63) is 35.5 Å². The van der Waals surface area contributed by atoms with Crippen molar-refractivity contribution in [2.45, 2.75) is 18.8 Å². The summed E-state index contributed by atoms with van der Waals surface area (Å²) in [4.78, 5) is 8.55. The smallest absolute Gasteiger partial charge is 0.229 e. The van der Waals surface area contributed by atoms with E-state index in [1.165, 1.54) is 12.8 Å². The van der Waals surface area contributed by atoms with Gasteiger partial charge in [0.2, 0.25) is 5.95 Å². The molecule has 0 bridgehead atoms. The Bertz CT molecular complexity index is 734. The molecule has 0 spiro atoms. The summed E-state index contributed by atoms with van der Waals surface area (Å²) in [5.41, 5.74) is 2.66. The molecule has 1 saturated carbocycles. The number of rotatable bonds is 5. The van der Waals surface area contributed by atoms with Gasteiger partial charge in [0.15, 0.2) is 11.6 Å². The number of hydrogen-bond acceptors (Lipinski definition) is 6. The molecule has 0 unspecified atom stereocenters. The summed E-state index contributed by atoms with van der Waals surface area (Å²) in [6.07, 6.45) is 3.95. The number of anilines is 3. The van der Waals surface area contributed by atoms with Gasteiger partial charge in [0.05, 0.1) is 24.9 Å². The van der Waals surface area contributed by atoms with Gasteiger partial charge in [0, 0.05) is 12.7 Å². The molecule has 6 nitrogen and oxygen atoms in total. The molecule has 22 heavy (non-hydrogen) atoms. The topological polar surface area (TPSA) is 82.9 Å². The van der Waals surface area contributed by atoms with Gasteiger partial charge in [-0.05, 0) is 36.5 Å². The first-order valence-electron chi connectivity index (χ1n) is 7.15. The minimum absolute atomic E-state index is 0.452. The van der Waals surface area contributed by atoms with Gasteiger partial charge in [-0.3, -0.25) is 0 Å². The van der Waals surface area contributed by atoms with Crippen molar-refractivity contribution >= 4 is 17.5 Å². The Morgan fingerprint density at radius 3 is 2.82 bits per heavy atom. The molecule has 2 aromatic rings. The second kappa shape index (κ2) is 5.90. The number of ether oxygens (including phenoxy) is 1. The van der Waals surface area contributed by atoms with Crippen LogP contribution >= 0.6 is 0 Å². The van der Waals surface area contributed by atoms with Crippen LogP contribution in [0.3, 0.4) is 0 Å². The number of aromatic nitrogens is 2. The van der Waals surface area contributed by atoms with Crippen LogP contribution in [0.15, 0.2) is 24.4 Å². The molecule has 3 rings (SSSR count). The van der Waals surface area contributed by atoms with Crippen LogP contribution in [0.2, 0.25) is 0 Å². The molecule has 1 fully saturated rings. The fourth-order valence-corrected chi connectivity index (χ4v) is 2.37. The van der Waals surface area contributed by atoms with Crippen LogP contribution in [0.5, 0.6) is 5.75 Å². The molecule has 1 aliphatic rings. The van der Waals surface area contributed by atoms with Crippen LogP contribution in [-0.4, -0.2) is 24.1 Å². The van der Waals surface area contributed by atoms with Gasteiger partial charge in [0.25, 0.3) is 0 Å². The molecule has 112 valence electrons. The molecule has 0 atom stereocenters. The monoisotopic (exact) mass is 295 g/mol. The molecule has 0 amide bonds. The highest BCUT2D eigenvalue weighted by atomic mass is 16.5. The first kappa shape index (κ1) is 14.1. The van der Waals surface area contributed by atoms with Gasteiger partial charge in [-0.15, -0.1) is 0 Å². The summed E-state index contributed by atoms with van der Waals surface area (Å²) < 4.78 is 5.17. The molecule has 0 saturated heterocycles. The Morgan fingerprint density at radius 1 is 1.36 bits per heavy atom. The van der Waals surface area contributed by atoms with E-state index >= 15 is 0 Å².